The number of rotatable bonds is 6. The molecule has 1 aliphatic rings. The second-order valence-electron chi connectivity index (χ2n) is 6.55. The zero-order valence-electron chi connectivity index (χ0n) is 15.1. The van der Waals surface area contributed by atoms with E-state index in [1.165, 1.54) is 20.0 Å². The Kier molecular flexibility index (Phi) is 4.28. The third-order valence-corrected chi connectivity index (χ3v) is 4.59. The standard InChI is InChI=1S/C19H21N5O2/c1-12-15(14-6-7-24(11-14)10-13-4-5-13)8-17(23-22-12)16-9-20-19(26-3)21-18(16)25-2/h6-9,11,13H,4-5,10H2,1-3H3. The molecule has 1 saturated carbocycles. The van der Waals surface area contributed by atoms with E-state index in [4.69, 9.17) is 9.47 Å². The van der Waals surface area contributed by atoms with Crippen molar-refractivity contribution in [3.05, 3.63) is 36.4 Å². The molecule has 3 heterocycles. The summed E-state index contributed by atoms with van der Waals surface area (Å²) in [5, 5.41) is 8.64. The third-order valence-electron chi connectivity index (χ3n) is 4.59. The fourth-order valence-electron chi connectivity index (χ4n) is 2.97. The maximum atomic E-state index is 5.37. The fourth-order valence-corrected chi connectivity index (χ4v) is 2.97. The lowest BCUT2D eigenvalue weighted by Gasteiger charge is -2.09. The molecule has 0 radical (unpaired) electrons. The first-order valence-electron chi connectivity index (χ1n) is 8.64. The van der Waals surface area contributed by atoms with Gasteiger partial charge in [0.2, 0.25) is 5.88 Å². The molecule has 0 aliphatic heterocycles. The highest BCUT2D eigenvalue weighted by Crippen LogP contribution is 2.33. The number of methoxy groups -OCH3 is 2. The van der Waals surface area contributed by atoms with Crippen molar-refractivity contribution in [3.8, 4) is 34.3 Å². The van der Waals surface area contributed by atoms with Gasteiger partial charge in [-0.15, -0.1) is 5.10 Å². The van der Waals surface area contributed by atoms with E-state index in [1.54, 1.807) is 13.3 Å². The normalized spacial score (nSPS) is 13.7. The molecule has 0 N–H and O–H groups in total. The second kappa shape index (κ2) is 6.74. The SMILES string of the molecule is COc1ncc(-c2cc(-c3ccn(CC4CC4)c3)c(C)nn2)c(OC)n1. The van der Waals surface area contributed by atoms with Crippen molar-refractivity contribution in [1.29, 1.82) is 0 Å². The van der Waals surface area contributed by atoms with Crippen LogP contribution in [-0.4, -0.2) is 39.0 Å². The summed E-state index contributed by atoms with van der Waals surface area (Å²) in [6.07, 6.45) is 8.62. The van der Waals surface area contributed by atoms with Crippen molar-refractivity contribution >= 4 is 0 Å². The Morgan fingerprint density at radius 3 is 2.73 bits per heavy atom. The summed E-state index contributed by atoms with van der Waals surface area (Å²) in [7, 11) is 3.08. The molecule has 3 aromatic rings. The Labute approximate surface area is 152 Å². The van der Waals surface area contributed by atoms with E-state index in [0.29, 0.717) is 17.1 Å². The molecule has 0 bridgehead atoms. The van der Waals surface area contributed by atoms with Crippen LogP contribution in [0.15, 0.2) is 30.7 Å². The summed E-state index contributed by atoms with van der Waals surface area (Å²) < 4.78 is 12.7. The summed E-state index contributed by atoms with van der Waals surface area (Å²) in [6.45, 7) is 3.05. The molecule has 0 atom stereocenters. The first-order chi connectivity index (χ1) is 12.7. The van der Waals surface area contributed by atoms with Gasteiger partial charge in [0, 0.05) is 36.3 Å². The van der Waals surface area contributed by atoms with Crippen LogP contribution in [0.4, 0.5) is 0 Å². The van der Waals surface area contributed by atoms with Crippen molar-refractivity contribution in [2.75, 3.05) is 14.2 Å². The number of ether oxygens (including phenoxy) is 2. The minimum absolute atomic E-state index is 0.253. The van der Waals surface area contributed by atoms with Gasteiger partial charge in [-0.25, -0.2) is 4.98 Å². The number of nitrogens with zero attached hydrogens (tertiary/aromatic N) is 5. The highest BCUT2D eigenvalue weighted by molar-refractivity contribution is 5.73. The maximum Gasteiger partial charge on any atom is 0.319 e. The van der Waals surface area contributed by atoms with Crippen LogP contribution in [0.3, 0.4) is 0 Å². The molecule has 7 heteroatoms. The van der Waals surface area contributed by atoms with E-state index < -0.39 is 0 Å². The Bertz CT molecular complexity index is 933. The lowest BCUT2D eigenvalue weighted by Crippen LogP contribution is -2.00. The first-order valence-corrected chi connectivity index (χ1v) is 8.64. The zero-order chi connectivity index (χ0) is 18.1. The van der Waals surface area contributed by atoms with Crippen LogP contribution in [0.2, 0.25) is 0 Å². The molecule has 0 aromatic carbocycles. The molecule has 0 saturated heterocycles. The molecule has 0 spiro atoms. The van der Waals surface area contributed by atoms with Gasteiger partial charge in [0.25, 0.3) is 0 Å². The van der Waals surface area contributed by atoms with Crippen molar-refractivity contribution in [2.24, 2.45) is 5.92 Å². The van der Waals surface area contributed by atoms with Crippen LogP contribution < -0.4 is 9.47 Å². The summed E-state index contributed by atoms with van der Waals surface area (Å²) in [4.78, 5) is 8.39. The van der Waals surface area contributed by atoms with Gasteiger partial charge in [0.1, 0.15) is 5.69 Å². The molecule has 7 nitrogen and oxygen atoms in total. The van der Waals surface area contributed by atoms with Crippen LogP contribution in [0.25, 0.3) is 22.4 Å². The van der Waals surface area contributed by atoms with Crippen LogP contribution in [0.5, 0.6) is 11.9 Å². The average Bonchev–Trinajstić information content (AvgIpc) is 3.37. The Balaban J connectivity index is 1.71. The van der Waals surface area contributed by atoms with Gasteiger partial charge >= 0.3 is 6.01 Å². The van der Waals surface area contributed by atoms with Crippen molar-refractivity contribution in [3.63, 3.8) is 0 Å². The highest BCUT2D eigenvalue weighted by Gasteiger charge is 2.21. The van der Waals surface area contributed by atoms with Gasteiger partial charge in [0.05, 0.1) is 25.5 Å². The molecule has 0 amide bonds. The van der Waals surface area contributed by atoms with E-state index in [2.05, 4.69) is 43.2 Å². The lowest BCUT2D eigenvalue weighted by atomic mass is 10.1. The van der Waals surface area contributed by atoms with Gasteiger partial charge in [-0.2, -0.15) is 10.1 Å². The Morgan fingerprint density at radius 1 is 1.15 bits per heavy atom. The van der Waals surface area contributed by atoms with Crippen LogP contribution in [-0.2, 0) is 6.54 Å². The van der Waals surface area contributed by atoms with E-state index in [-0.39, 0.29) is 6.01 Å². The number of aromatic nitrogens is 5. The van der Waals surface area contributed by atoms with Crippen LogP contribution >= 0.6 is 0 Å². The predicted octanol–water partition coefficient (Wildman–Crippen LogP) is 3.14. The van der Waals surface area contributed by atoms with E-state index in [0.717, 1.165) is 29.3 Å². The molecule has 1 aliphatic carbocycles. The van der Waals surface area contributed by atoms with Gasteiger partial charge < -0.3 is 14.0 Å². The Morgan fingerprint density at radius 2 is 2.00 bits per heavy atom. The van der Waals surface area contributed by atoms with Gasteiger partial charge in [-0.05, 0) is 37.8 Å². The van der Waals surface area contributed by atoms with Crippen LogP contribution in [0.1, 0.15) is 18.5 Å². The molecule has 4 rings (SSSR count). The second-order valence-corrected chi connectivity index (χ2v) is 6.55. The minimum Gasteiger partial charge on any atom is -0.480 e. The Hall–Kier alpha value is -2.96. The first kappa shape index (κ1) is 16.5. The van der Waals surface area contributed by atoms with E-state index in [9.17, 15) is 0 Å². The monoisotopic (exact) mass is 351 g/mol. The predicted molar refractivity (Wildman–Crippen MR) is 97.0 cm³/mol. The molecule has 26 heavy (non-hydrogen) atoms. The summed E-state index contributed by atoms with van der Waals surface area (Å²) in [5.41, 5.74) is 4.40. The number of hydrogen-bond acceptors (Lipinski definition) is 6. The fraction of sp³-hybridized carbons (Fsp3) is 0.368. The minimum atomic E-state index is 0.253. The van der Waals surface area contributed by atoms with E-state index in [1.807, 2.05) is 13.0 Å². The average molecular weight is 351 g/mol. The summed E-state index contributed by atoms with van der Waals surface area (Å²) >= 11 is 0. The van der Waals surface area contributed by atoms with Crippen molar-refractivity contribution in [2.45, 2.75) is 26.3 Å². The summed E-state index contributed by atoms with van der Waals surface area (Å²) in [6, 6.07) is 4.38. The molecule has 0 unspecified atom stereocenters. The largest absolute Gasteiger partial charge is 0.480 e. The zero-order valence-corrected chi connectivity index (χ0v) is 15.1. The third kappa shape index (κ3) is 3.24. The van der Waals surface area contributed by atoms with Gasteiger partial charge in [0.15, 0.2) is 0 Å². The maximum absolute atomic E-state index is 5.37. The highest BCUT2D eigenvalue weighted by atomic mass is 16.5. The molecule has 1 fully saturated rings. The molecular weight excluding hydrogens is 330 g/mol. The topological polar surface area (TPSA) is 75.0 Å². The van der Waals surface area contributed by atoms with E-state index >= 15 is 0 Å². The van der Waals surface area contributed by atoms with Crippen molar-refractivity contribution in [1.82, 2.24) is 24.7 Å². The quantitative estimate of drug-likeness (QED) is 0.679. The van der Waals surface area contributed by atoms with Gasteiger partial charge in [-0.1, -0.05) is 0 Å². The number of aryl methyl sites for hydroxylation is 1. The summed E-state index contributed by atoms with van der Waals surface area (Å²) in [5.74, 6) is 1.25. The molecular formula is C19H21N5O2. The molecule has 3 aromatic heterocycles. The van der Waals surface area contributed by atoms with Gasteiger partial charge in [-0.3, -0.25) is 0 Å². The lowest BCUT2D eigenvalue weighted by molar-refractivity contribution is 0.353. The number of hydrogen-bond donors (Lipinski definition) is 0. The van der Waals surface area contributed by atoms with Crippen LogP contribution in [0, 0.1) is 12.8 Å². The smallest absolute Gasteiger partial charge is 0.319 e. The molecule has 134 valence electrons. The van der Waals surface area contributed by atoms with Crippen molar-refractivity contribution < 1.29 is 9.47 Å².